The maximum atomic E-state index is 12.4. The Hall–Kier alpha value is -3.04. The number of nitrogens with zero attached hydrogens (tertiary/aromatic N) is 3. The number of non-ortho nitro benzene ring substituents is 1. The summed E-state index contributed by atoms with van der Waals surface area (Å²) in [6.07, 6.45) is 0.540. The standard InChI is InChI=1S/C18H16N4O4S/c23-15-4-3-12(22(25)26)8-11(15)9-21-6-5-13-14(10-21)19-17(20-18(13)24)16-2-1-7-27-16/h1-4,7-8,23H,5-6,9-10H2,(H,19,20,24). The summed E-state index contributed by atoms with van der Waals surface area (Å²) in [4.78, 5) is 33.3. The lowest BCUT2D eigenvalue weighted by atomic mass is 10.0. The Bertz CT molecular complexity index is 1060. The van der Waals surface area contributed by atoms with Crippen LogP contribution >= 0.6 is 11.3 Å². The highest BCUT2D eigenvalue weighted by molar-refractivity contribution is 7.13. The van der Waals surface area contributed by atoms with E-state index in [1.807, 2.05) is 22.4 Å². The van der Waals surface area contributed by atoms with Crippen LogP contribution in [0, 0.1) is 10.1 Å². The number of phenols is 1. The zero-order chi connectivity index (χ0) is 19.0. The Morgan fingerprint density at radius 3 is 2.96 bits per heavy atom. The zero-order valence-corrected chi connectivity index (χ0v) is 15.0. The van der Waals surface area contributed by atoms with E-state index in [4.69, 9.17) is 0 Å². The van der Waals surface area contributed by atoms with Gasteiger partial charge in [-0.3, -0.25) is 19.8 Å². The number of nitro groups is 1. The molecule has 0 fully saturated rings. The van der Waals surface area contributed by atoms with Gasteiger partial charge in [0.1, 0.15) is 5.75 Å². The number of rotatable bonds is 4. The number of nitro benzene ring substituents is 1. The molecule has 3 heterocycles. The monoisotopic (exact) mass is 384 g/mol. The molecular weight excluding hydrogens is 368 g/mol. The number of aromatic nitrogens is 2. The highest BCUT2D eigenvalue weighted by atomic mass is 32.1. The van der Waals surface area contributed by atoms with Crippen molar-refractivity contribution in [2.75, 3.05) is 6.54 Å². The molecule has 2 N–H and O–H groups in total. The Morgan fingerprint density at radius 2 is 2.22 bits per heavy atom. The van der Waals surface area contributed by atoms with Crippen LogP contribution in [0.2, 0.25) is 0 Å². The second kappa shape index (κ2) is 6.93. The molecule has 1 aliphatic heterocycles. The van der Waals surface area contributed by atoms with Crippen molar-refractivity contribution in [2.24, 2.45) is 0 Å². The van der Waals surface area contributed by atoms with Crippen molar-refractivity contribution < 1.29 is 10.0 Å². The predicted octanol–water partition coefficient (Wildman–Crippen LogP) is 2.67. The lowest BCUT2D eigenvalue weighted by Gasteiger charge is -2.27. The molecule has 0 atom stereocenters. The number of fused-ring (bicyclic) bond motifs is 1. The van der Waals surface area contributed by atoms with Crippen LogP contribution in [0.15, 0.2) is 40.5 Å². The molecule has 1 aliphatic rings. The van der Waals surface area contributed by atoms with Crippen LogP contribution in [0.25, 0.3) is 10.7 Å². The zero-order valence-electron chi connectivity index (χ0n) is 14.2. The quantitative estimate of drug-likeness (QED) is 0.528. The number of H-pyrrole nitrogens is 1. The summed E-state index contributed by atoms with van der Waals surface area (Å²) in [5.41, 5.74) is 1.68. The van der Waals surface area contributed by atoms with Gasteiger partial charge in [0.25, 0.3) is 11.2 Å². The molecule has 0 saturated heterocycles. The van der Waals surface area contributed by atoms with Crippen molar-refractivity contribution in [1.29, 1.82) is 0 Å². The number of hydrogen-bond donors (Lipinski definition) is 2. The van der Waals surface area contributed by atoms with E-state index in [0.29, 0.717) is 48.7 Å². The van der Waals surface area contributed by atoms with Crippen LogP contribution in [-0.2, 0) is 19.5 Å². The van der Waals surface area contributed by atoms with Crippen LogP contribution in [0.3, 0.4) is 0 Å². The number of phenolic OH excluding ortho intramolecular Hbond substituents is 1. The lowest BCUT2D eigenvalue weighted by molar-refractivity contribution is -0.385. The molecule has 27 heavy (non-hydrogen) atoms. The molecule has 0 bridgehead atoms. The van der Waals surface area contributed by atoms with E-state index in [2.05, 4.69) is 9.97 Å². The van der Waals surface area contributed by atoms with E-state index in [9.17, 15) is 20.0 Å². The van der Waals surface area contributed by atoms with Crippen LogP contribution in [0.1, 0.15) is 16.8 Å². The number of benzene rings is 1. The van der Waals surface area contributed by atoms with Crippen LogP contribution < -0.4 is 5.56 Å². The molecule has 0 spiro atoms. The maximum absolute atomic E-state index is 12.4. The highest BCUT2D eigenvalue weighted by Crippen LogP contribution is 2.27. The summed E-state index contributed by atoms with van der Waals surface area (Å²) in [5.74, 6) is 0.568. The third kappa shape index (κ3) is 3.46. The number of aromatic hydroxyl groups is 1. The van der Waals surface area contributed by atoms with Gasteiger partial charge >= 0.3 is 0 Å². The molecule has 4 rings (SSSR count). The van der Waals surface area contributed by atoms with E-state index in [-0.39, 0.29) is 17.0 Å². The minimum Gasteiger partial charge on any atom is -0.508 e. The Morgan fingerprint density at radius 1 is 1.37 bits per heavy atom. The Labute approximate surface area is 157 Å². The molecule has 0 radical (unpaired) electrons. The summed E-state index contributed by atoms with van der Waals surface area (Å²) in [6, 6.07) is 7.79. The summed E-state index contributed by atoms with van der Waals surface area (Å²) in [6.45, 7) is 1.40. The molecule has 8 nitrogen and oxygen atoms in total. The molecule has 138 valence electrons. The van der Waals surface area contributed by atoms with Gasteiger partial charge in [0.15, 0.2) is 5.82 Å². The van der Waals surface area contributed by atoms with Crippen LogP contribution in [-0.4, -0.2) is 31.4 Å². The SMILES string of the molecule is O=c1[nH]c(-c2cccs2)nc2c1CCN(Cc1cc([N+](=O)[O-])ccc1O)C2. The second-order valence-electron chi connectivity index (χ2n) is 6.35. The second-order valence-corrected chi connectivity index (χ2v) is 7.30. The summed E-state index contributed by atoms with van der Waals surface area (Å²) >= 11 is 1.50. The summed E-state index contributed by atoms with van der Waals surface area (Å²) < 4.78 is 0. The molecule has 2 aromatic heterocycles. The third-order valence-corrected chi connectivity index (χ3v) is 5.45. The van der Waals surface area contributed by atoms with Crippen molar-refractivity contribution in [3.05, 3.63) is 73.0 Å². The van der Waals surface area contributed by atoms with Crippen molar-refractivity contribution in [1.82, 2.24) is 14.9 Å². The maximum Gasteiger partial charge on any atom is 0.270 e. The summed E-state index contributed by atoms with van der Waals surface area (Å²) in [7, 11) is 0. The van der Waals surface area contributed by atoms with E-state index in [1.165, 1.54) is 29.5 Å². The van der Waals surface area contributed by atoms with Gasteiger partial charge in [0.05, 0.1) is 15.5 Å². The fourth-order valence-electron chi connectivity index (χ4n) is 3.21. The Balaban J connectivity index is 1.61. The van der Waals surface area contributed by atoms with Gasteiger partial charge in [-0.2, -0.15) is 0 Å². The van der Waals surface area contributed by atoms with Crippen molar-refractivity contribution in [2.45, 2.75) is 19.5 Å². The lowest BCUT2D eigenvalue weighted by Crippen LogP contribution is -2.35. The first kappa shape index (κ1) is 17.4. The van der Waals surface area contributed by atoms with Gasteiger partial charge in [-0.1, -0.05) is 6.07 Å². The predicted molar refractivity (Wildman–Crippen MR) is 101 cm³/mol. The van der Waals surface area contributed by atoms with Crippen LogP contribution in [0.5, 0.6) is 5.75 Å². The van der Waals surface area contributed by atoms with Gasteiger partial charge in [-0.15, -0.1) is 11.3 Å². The van der Waals surface area contributed by atoms with Gasteiger partial charge in [-0.25, -0.2) is 4.98 Å². The topological polar surface area (TPSA) is 112 Å². The molecular formula is C18H16N4O4S. The van der Waals surface area contributed by atoms with Crippen molar-refractivity contribution >= 4 is 17.0 Å². The average Bonchev–Trinajstić information content (AvgIpc) is 3.18. The van der Waals surface area contributed by atoms with Gasteiger partial charge in [0, 0.05) is 42.9 Å². The minimum atomic E-state index is -0.483. The molecule has 0 saturated carbocycles. The van der Waals surface area contributed by atoms with E-state index < -0.39 is 4.92 Å². The first-order valence-corrected chi connectivity index (χ1v) is 9.24. The number of hydrogen-bond acceptors (Lipinski definition) is 7. The number of aromatic amines is 1. The van der Waals surface area contributed by atoms with Crippen molar-refractivity contribution in [3.63, 3.8) is 0 Å². The van der Waals surface area contributed by atoms with E-state index >= 15 is 0 Å². The van der Waals surface area contributed by atoms with E-state index in [0.717, 1.165) is 4.88 Å². The average molecular weight is 384 g/mol. The minimum absolute atomic E-state index is 0.0181. The van der Waals surface area contributed by atoms with E-state index in [1.54, 1.807) is 0 Å². The molecule has 0 amide bonds. The fraction of sp³-hybridized carbons (Fsp3) is 0.222. The molecule has 0 aliphatic carbocycles. The third-order valence-electron chi connectivity index (χ3n) is 4.57. The van der Waals surface area contributed by atoms with Gasteiger partial charge < -0.3 is 10.1 Å². The highest BCUT2D eigenvalue weighted by Gasteiger charge is 2.23. The Kier molecular flexibility index (Phi) is 4.46. The normalized spacial score (nSPS) is 14.1. The van der Waals surface area contributed by atoms with Crippen LogP contribution in [0.4, 0.5) is 5.69 Å². The van der Waals surface area contributed by atoms with Gasteiger partial charge in [-0.05, 0) is 23.9 Å². The molecule has 1 aromatic carbocycles. The molecule has 0 unspecified atom stereocenters. The van der Waals surface area contributed by atoms with Gasteiger partial charge in [0.2, 0.25) is 0 Å². The smallest absolute Gasteiger partial charge is 0.270 e. The number of thiophene rings is 1. The molecule has 9 heteroatoms. The molecule has 3 aromatic rings. The first-order valence-electron chi connectivity index (χ1n) is 8.36. The fourth-order valence-corrected chi connectivity index (χ4v) is 3.88. The largest absolute Gasteiger partial charge is 0.508 e. The summed E-state index contributed by atoms with van der Waals surface area (Å²) in [5, 5.41) is 22.9. The first-order chi connectivity index (χ1) is 13.0. The van der Waals surface area contributed by atoms with Crippen molar-refractivity contribution in [3.8, 4) is 16.5 Å². The number of nitrogens with one attached hydrogen (secondary N) is 1.